The van der Waals surface area contributed by atoms with E-state index in [1.165, 1.54) is 37.1 Å². The highest BCUT2D eigenvalue weighted by molar-refractivity contribution is 5.72. The molecule has 6 nitrogen and oxygen atoms in total. The molecule has 1 aromatic rings. The van der Waals surface area contributed by atoms with Crippen LogP contribution in [0, 0.1) is 5.92 Å². The molecule has 1 saturated carbocycles. The molecule has 2 aliphatic rings. The van der Waals surface area contributed by atoms with Crippen LogP contribution in [-0.2, 0) is 11.3 Å². The summed E-state index contributed by atoms with van der Waals surface area (Å²) in [5.74, 6) is 0.460. The van der Waals surface area contributed by atoms with Gasteiger partial charge in [-0.05, 0) is 25.2 Å². The van der Waals surface area contributed by atoms with E-state index in [0.717, 1.165) is 24.1 Å². The van der Waals surface area contributed by atoms with E-state index in [1.807, 2.05) is 12.4 Å². The molecule has 1 N–H and O–H groups in total. The Balaban J connectivity index is 1.61. The van der Waals surface area contributed by atoms with E-state index < -0.39 is 5.97 Å². The number of fused-ring (bicyclic) bond motifs is 2. The Morgan fingerprint density at radius 1 is 1.43 bits per heavy atom. The second kappa shape index (κ2) is 5.97. The Morgan fingerprint density at radius 3 is 2.86 bits per heavy atom. The van der Waals surface area contributed by atoms with Crippen molar-refractivity contribution in [3.05, 3.63) is 18.0 Å². The number of aliphatic carboxylic acids is 1. The van der Waals surface area contributed by atoms with Crippen LogP contribution in [0.25, 0.3) is 0 Å². The molecule has 114 valence electrons. The largest absolute Gasteiger partial charge is 0.480 e. The van der Waals surface area contributed by atoms with Crippen molar-refractivity contribution < 1.29 is 9.90 Å². The van der Waals surface area contributed by atoms with E-state index in [-0.39, 0.29) is 6.54 Å². The summed E-state index contributed by atoms with van der Waals surface area (Å²) in [7, 11) is 1.69. The number of likely N-dealkylation sites (N-methyl/N-ethyl adjacent to an activating group) is 1. The molecule has 1 saturated heterocycles. The summed E-state index contributed by atoms with van der Waals surface area (Å²) in [6.45, 7) is 2.02. The summed E-state index contributed by atoms with van der Waals surface area (Å²) in [5, 5.41) is 8.77. The average Bonchev–Trinajstić information content (AvgIpc) is 2.73. The van der Waals surface area contributed by atoms with Crippen LogP contribution in [0.5, 0.6) is 0 Å². The molecular formula is C15H22N4O2. The molecule has 6 heteroatoms. The van der Waals surface area contributed by atoms with Gasteiger partial charge in [0.15, 0.2) is 0 Å². The van der Waals surface area contributed by atoms with Crippen LogP contribution in [0.4, 0.5) is 5.95 Å². The number of aromatic nitrogens is 2. The number of anilines is 1. The molecule has 21 heavy (non-hydrogen) atoms. The topological polar surface area (TPSA) is 69.6 Å². The van der Waals surface area contributed by atoms with Gasteiger partial charge in [0.2, 0.25) is 5.95 Å². The van der Waals surface area contributed by atoms with Gasteiger partial charge in [-0.2, -0.15) is 0 Å². The minimum absolute atomic E-state index is 0.0881. The van der Waals surface area contributed by atoms with Crippen molar-refractivity contribution in [1.82, 2.24) is 14.9 Å². The summed E-state index contributed by atoms with van der Waals surface area (Å²) in [6, 6.07) is 0.734. The van der Waals surface area contributed by atoms with Crippen LogP contribution < -0.4 is 4.90 Å². The quantitative estimate of drug-likeness (QED) is 0.883. The van der Waals surface area contributed by atoms with E-state index in [9.17, 15) is 4.79 Å². The monoisotopic (exact) mass is 290 g/mol. The lowest BCUT2D eigenvalue weighted by atomic mass is 9.90. The van der Waals surface area contributed by atoms with Crippen molar-refractivity contribution in [2.24, 2.45) is 5.92 Å². The lowest BCUT2D eigenvalue weighted by molar-refractivity contribution is -0.135. The lowest BCUT2D eigenvalue weighted by Gasteiger charge is -2.24. The van der Waals surface area contributed by atoms with Crippen molar-refractivity contribution in [2.45, 2.75) is 38.3 Å². The zero-order chi connectivity index (χ0) is 14.8. The van der Waals surface area contributed by atoms with Crippen LogP contribution in [-0.4, -0.2) is 52.1 Å². The third kappa shape index (κ3) is 3.32. The number of carboxylic acid groups (broad SMARTS) is 1. The Kier molecular flexibility index (Phi) is 4.05. The number of nitrogens with zero attached hydrogens (tertiary/aromatic N) is 4. The maximum atomic E-state index is 10.7. The van der Waals surface area contributed by atoms with Crippen molar-refractivity contribution in [3.63, 3.8) is 0 Å². The predicted octanol–water partition coefficient (Wildman–Crippen LogP) is 1.37. The van der Waals surface area contributed by atoms with Crippen molar-refractivity contribution in [3.8, 4) is 0 Å². The van der Waals surface area contributed by atoms with Crippen LogP contribution >= 0.6 is 0 Å². The fraction of sp³-hybridized carbons (Fsp3) is 0.667. The minimum atomic E-state index is -0.880. The highest BCUT2D eigenvalue weighted by atomic mass is 16.4. The third-order valence-electron chi connectivity index (χ3n) is 4.56. The highest BCUT2D eigenvalue weighted by Crippen LogP contribution is 2.35. The van der Waals surface area contributed by atoms with Gasteiger partial charge < -0.3 is 10.0 Å². The number of carboxylic acids is 1. The molecule has 2 bridgehead atoms. The smallest absolute Gasteiger partial charge is 0.323 e. The summed E-state index contributed by atoms with van der Waals surface area (Å²) < 4.78 is 0. The number of likely N-dealkylation sites (tertiary alicyclic amines) is 1. The van der Waals surface area contributed by atoms with Crippen LogP contribution in [0.1, 0.15) is 31.2 Å². The maximum absolute atomic E-state index is 10.7. The zero-order valence-electron chi connectivity index (χ0n) is 12.4. The molecule has 3 rings (SSSR count). The Morgan fingerprint density at radius 2 is 2.19 bits per heavy atom. The lowest BCUT2D eigenvalue weighted by Crippen LogP contribution is -2.29. The van der Waals surface area contributed by atoms with Gasteiger partial charge in [0.25, 0.3) is 0 Å². The number of carbonyl (C=O) groups is 1. The van der Waals surface area contributed by atoms with Gasteiger partial charge in [-0.15, -0.1) is 0 Å². The van der Waals surface area contributed by atoms with Crippen molar-refractivity contribution in [1.29, 1.82) is 0 Å². The van der Waals surface area contributed by atoms with Gasteiger partial charge in [0, 0.05) is 44.1 Å². The number of hydrogen-bond donors (Lipinski definition) is 1. The fourth-order valence-corrected chi connectivity index (χ4v) is 3.57. The van der Waals surface area contributed by atoms with Gasteiger partial charge in [-0.25, -0.2) is 9.97 Å². The Bertz CT molecular complexity index is 505. The molecule has 2 atom stereocenters. The number of hydrogen-bond acceptors (Lipinski definition) is 5. The molecule has 1 aliphatic carbocycles. The maximum Gasteiger partial charge on any atom is 0.323 e. The molecule has 0 radical (unpaired) electrons. The summed E-state index contributed by atoms with van der Waals surface area (Å²) in [6.07, 6.45) is 9.05. The molecule has 1 aliphatic heterocycles. The van der Waals surface area contributed by atoms with Gasteiger partial charge in [-0.3, -0.25) is 9.69 Å². The van der Waals surface area contributed by atoms with E-state index in [4.69, 9.17) is 5.11 Å². The van der Waals surface area contributed by atoms with Gasteiger partial charge in [-0.1, -0.05) is 6.42 Å². The van der Waals surface area contributed by atoms with Crippen LogP contribution in [0.2, 0.25) is 0 Å². The van der Waals surface area contributed by atoms with Crippen LogP contribution in [0.15, 0.2) is 12.4 Å². The molecule has 0 unspecified atom stereocenters. The first-order chi connectivity index (χ1) is 10.1. The fourth-order valence-electron chi connectivity index (χ4n) is 3.57. The van der Waals surface area contributed by atoms with E-state index in [1.54, 1.807) is 7.05 Å². The zero-order valence-corrected chi connectivity index (χ0v) is 12.4. The van der Waals surface area contributed by atoms with Crippen molar-refractivity contribution in [2.75, 3.05) is 25.0 Å². The first kappa shape index (κ1) is 14.3. The minimum Gasteiger partial charge on any atom is -0.480 e. The molecule has 0 spiro atoms. The molecular weight excluding hydrogens is 268 g/mol. The second-order valence-electron chi connectivity index (χ2n) is 6.26. The number of rotatable bonds is 5. The molecule has 2 heterocycles. The first-order valence-corrected chi connectivity index (χ1v) is 7.59. The van der Waals surface area contributed by atoms with E-state index >= 15 is 0 Å². The summed E-state index contributed by atoms with van der Waals surface area (Å²) in [4.78, 5) is 23.3. The third-order valence-corrected chi connectivity index (χ3v) is 4.56. The van der Waals surface area contributed by atoms with E-state index in [2.05, 4.69) is 14.9 Å². The van der Waals surface area contributed by atoms with Gasteiger partial charge >= 0.3 is 5.97 Å². The van der Waals surface area contributed by atoms with Crippen molar-refractivity contribution >= 4 is 11.9 Å². The standard InChI is InChI=1S/C15H22N4O2/c1-18(10-14(20)21)15-16-6-12(7-17-15)9-19-8-11-3-2-4-13(19)5-11/h6-7,11,13H,2-5,8-10H2,1H3,(H,20,21)/t11-,13+/m1/s1. The molecule has 0 aromatic carbocycles. The SMILES string of the molecule is CN(CC(=O)O)c1ncc(CN2C[C@@H]3CCC[C@H]2C3)cn1. The molecule has 0 amide bonds. The normalized spacial score (nSPS) is 25.0. The Labute approximate surface area is 124 Å². The first-order valence-electron chi connectivity index (χ1n) is 7.59. The summed E-state index contributed by atoms with van der Waals surface area (Å²) in [5.41, 5.74) is 1.11. The Hall–Kier alpha value is -1.69. The van der Waals surface area contributed by atoms with Gasteiger partial charge in [0.1, 0.15) is 6.54 Å². The van der Waals surface area contributed by atoms with Gasteiger partial charge in [0.05, 0.1) is 0 Å². The van der Waals surface area contributed by atoms with E-state index in [0.29, 0.717) is 5.95 Å². The molecule has 2 fully saturated rings. The second-order valence-corrected chi connectivity index (χ2v) is 6.26. The predicted molar refractivity (Wildman–Crippen MR) is 79.1 cm³/mol. The average molecular weight is 290 g/mol. The van der Waals surface area contributed by atoms with Crippen LogP contribution in [0.3, 0.4) is 0 Å². The highest BCUT2D eigenvalue weighted by Gasteiger charge is 2.34. The summed E-state index contributed by atoms with van der Waals surface area (Å²) >= 11 is 0. The molecule has 1 aromatic heterocycles.